The lowest BCUT2D eigenvalue weighted by molar-refractivity contribution is 0.0518. The number of amides is 1. The Balaban J connectivity index is 2.43. The van der Waals surface area contributed by atoms with Crippen LogP contribution in [0.2, 0.25) is 0 Å². The van der Waals surface area contributed by atoms with Crippen LogP contribution in [0.5, 0.6) is 0 Å². The van der Waals surface area contributed by atoms with Gasteiger partial charge < -0.3 is 10.1 Å². The van der Waals surface area contributed by atoms with E-state index in [-0.39, 0.29) is 6.09 Å². The molecule has 1 unspecified atom stereocenters. The number of aromatic nitrogens is 1. The summed E-state index contributed by atoms with van der Waals surface area (Å²) in [6, 6.07) is 4.11. The van der Waals surface area contributed by atoms with Gasteiger partial charge in [0.2, 0.25) is 0 Å². The summed E-state index contributed by atoms with van der Waals surface area (Å²) in [5.74, 6) is 0.395. The van der Waals surface area contributed by atoms with Gasteiger partial charge in [-0.05, 0) is 51.7 Å². The highest BCUT2D eigenvalue weighted by atomic mass is 16.6. The Hall–Kier alpha value is -1.58. The summed E-state index contributed by atoms with van der Waals surface area (Å²) in [6.07, 6.45) is 3.48. The summed E-state index contributed by atoms with van der Waals surface area (Å²) in [4.78, 5) is 15.9. The van der Waals surface area contributed by atoms with Crippen molar-refractivity contribution in [3.05, 3.63) is 29.6 Å². The predicted molar refractivity (Wildman–Crippen MR) is 80.7 cm³/mol. The molecule has 1 rings (SSSR count). The van der Waals surface area contributed by atoms with Gasteiger partial charge in [0.15, 0.2) is 0 Å². The number of ether oxygens (including phenoxy) is 1. The zero-order valence-electron chi connectivity index (χ0n) is 13.2. The van der Waals surface area contributed by atoms with Crippen LogP contribution >= 0.6 is 0 Å². The topological polar surface area (TPSA) is 51.2 Å². The lowest BCUT2D eigenvalue weighted by Gasteiger charge is -2.21. The summed E-state index contributed by atoms with van der Waals surface area (Å²) in [6.45, 7) is 10.3. The number of pyridine rings is 1. The number of hydrogen-bond acceptors (Lipinski definition) is 3. The molecule has 0 spiro atoms. The van der Waals surface area contributed by atoms with Crippen molar-refractivity contribution in [2.24, 2.45) is 5.92 Å². The van der Waals surface area contributed by atoms with E-state index in [1.807, 2.05) is 40.0 Å². The molecule has 4 nitrogen and oxygen atoms in total. The molecule has 1 N–H and O–H groups in total. The van der Waals surface area contributed by atoms with Crippen LogP contribution in [-0.4, -0.2) is 23.2 Å². The van der Waals surface area contributed by atoms with Crippen molar-refractivity contribution >= 4 is 6.09 Å². The van der Waals surface area contributed by atoms with Crippen molar-refractivity contribution < 1.29 is 9.53 Å². The number of carbonyl (C=O) groups is 1. The maximum Gasteiger partial charge on any atom is 0.407 e. The van der Waals surface area contributed by atoms with Gasteiger partial charge in [0.25, 0.3) is 0 Å². The van der Waals surface area contributed by atoms with E-state index in [4.69, 9.17) is 4.74 Å². The van der Waals surface area contributed by atoms with Crippen LogP contribution in [0, 0.1) is 12.8 Å². The molecule has 1 heterocycles. The molecule has 0 fully saturated rings. The molecule has 0 aliphatic rings. The number of hydrogen-bond donors (Lipinski definition) is 1. The molecule has 0 saturated carbocycles. The lowest BCUT2D eigenvalue weighted by Crippen LogP contribution is -2.35. The average Bonchev–Trinajstić information content (AvgIpc) is 2.34. The SMILES string of the molecule is CCC(CNC(=O)OC(C)(C)C)Cc1ccc(C)nc1. The van der Waals surface area contributed by atoms with Crippen molar-refractivity contribution in [2.45, 2.75) is 53.1 Å². The normalized spacial score (nSPS) is 12.8. The van der Waals surface area contributed by atoms with E-state index < -0.39 is 5.60 Å². The third-order valence-corrected chi connectivity index (χ3v) is 3.01. The first-order valence-corrected chi connectivity index (χ1v) is 7.18. The molecule has 0 aliphatic heterocycles. The molecular formula is C16H26N2O2. The lowest BCUT2D eigenvalue weighted by atomic mass is 9.98. The van der Waals surface area contributed by atoms with Crippen LogP contribution in [0.25, 0.3) is 0 Å². The molecule has 1 atom stereocenters. The van der Waals surface area contributed by atoms with Gasteiger partial charge in [-0.25, -0.2) is 4.79 Å². The Morgan fingerprint density at radius 3 is 2.60 bits per heavy atom. The van der Waals surface area contributed by atoms with E-state index in [1.54, 1.807) is 0 Å². The number of nitrogens with zero attached hydrogens (tertiary/aromatic N) is 1. The monoisotopic (exact) mass is 278 g/mol. The van der Waals surface area contributed by atoms with Crippen molar-refractivity contribution in [2.75, 3.05) is 6.54 Å². The summed E-state index contributed by atoms with van der Waals surface area (Å²) in [5.41, 5.74) is 1.77. The van der Waals surface area contributed by atoms with Gasteiger partial charge in [-0.3, -0.25) is 4.98 Å². The molecule has 0 saturated heterocycles. The highest BCUT2D eigenvalue weighted by Crippen LogP contribution is 2.12. The van der Waals surface area contributed by atoms with E-state index in [2.05, 4.69) is 23.3 Å². The first kappa shape index (κ1) is 16.5. The van der Waals surface area contributed by atoms with Crippen molar-refractivity contribution in [3.63, 3.8) is 0 Å². The third kappa shape index (κ3) is 6.55. The van der Waals surface area contributed by atoms with Crippen LogP contribution in [-0.2, 0) is 11.2 Å². The molecule has 0 aliphatic carbocycles. The van der Waals surface area contributed by atoms with Gasteiger partial charge >= 0.3 is 6.09 Å². The predicted octanol–water partition coefficient (Wildman–Crippen LogP) is 3.48. The Kier molecular flexibility index (Phi) is 5.99. The molecule has 4 heteroatoms. The van der Waals surface area contributed by atoms with E-state index in [0.29, 0.717) is 12.5 Å². The summed E-state index contributed by atoms with van der Waals surface area (Å²) < 4.78 is 5.24. The van der Waals surface area contributed by atoms with Crippen LogP contribution < -0.4 is 5.32 Å². The van der Waals surface area contributed by atoms with Crippen LogP contribution in [0.1, 0.15) is 45.4 Å². The first-order valence-electron chi connectivity index (χ1n) is 7.18. The fraction of sp³-hybridized carbons (Fsp3) is 0.625. The minimum absolute atomic E-state index is 0.349. The van der Waals surface area contributed by atoms with Crippen molar-refractivity contribution in [1.82, 2.24) is 10.3 Å². The molecule has 20 heavy (non-hydrogen) atoms. The van der Waals surface area contributed by atoms with E-state index in [0.717, 1.165) is 18.5 Å². The molecule has 1 aromatic heterocycles. The first-order chi connectivity index (χ1) is 9.30. The van der Waals surface area contributed by atoms with E-state index >= 15 is 0 Å². The summed E-state index contributed by atoms with van der Waals surface area (Å²) in [7, 11) is 0. The molecule has 1 aromatic rings. The Morgan fingerprint density at radius 2 is 2.10 bits per heavy atom. The van der Waals surface area contributed by atoms with E-state index in [9.17, 15) is 4.79 Å². The molecule has 1 amide bonds. The number of alkyl carbamates (subject to hydrolysis) is 1. The fourth-order valence-electron chi connectivity index (χ4n) is 1.86. The molecular weight excluding hydrogens is 252 g/mol. The number of carbonyl (C=O) groups excluding carboxylic acids is 1. The third-order valence-electron chi connectivity index (χ3n) is 3.01. The standard InChI is InChI=1S/C16H26N2O2/c1-6-13(9-14-8-7-12(2)17-11-14)10-18-15(19)20-16(3,4)5/h7-8,11,13H,6,9-10H2,1-5H3,(H,18,19). The Labute approximate surface area is 121 Å². The van der Waals surface area contributed by atoms with E-state index in [1.165, 1.54) is 5.56 Å². The van der Waals surface area contributed by atoms with Gasteiger partial charge in [-0.15, -0.1) is 0 Å². The molecule has 0 bridgehead atoms. The quantitative estimate of drug-likeness (QED) is 0.897. The zero-order chi connectivity index (χ0) is 15.2. The average molecular weight is 278 g/mol. The summed E-state index contributed by atoms with van der Waals surface area (Å²) >= 11 is 0. The molecule has 112 valence electrons. The molecule has 0 radical (unpaired) electrons. The van der Waals surface area contributed by atoms with Crippen LogP contribution in [0.15, 0.2) is 18.3 Å². The largest absolute Gasteiger partial charge is 0.444 e. The van der Waals surface area contributed by atoms with Gasteiger partial charge in [-0.2, -0.15) is 0 Å². The van der Waals surface area contributed by atoms with Gasteiger partial charge in [0.1, 0.15) is 5.60 Å². The minimum Gasteiger partial charge on any atom is -0.444 e. The second-order valence-electron chi connectivity index (χ2n) is 6.17. The number of rotatable bonds is 5. The van der Waals surface area contributed by atoms with Crippen molar-refractivity contribution in [3.8, 4) is 0 Å². The zero-order valence-corrected chi connectivity index (χ0v) is 13.2. The van der Waals surface area contributed by atoms with Crippen LogP contribution in [0.3, 0.4) is 0 Å². The smallest absolute Gasteiger partial charge is 0.407 e. The Morgan fingerprint density at radius 1 is 1.40 bits per heavy atom. The maximum absolute atomic E-state index is 11.6. The fourth-order valence-corrected chi connectivity index (χ4v) is 1.86. The van der Waals surface area contributed by atoms with Gasteiger partial charge in [0.05, 0.1) is 0 Å². The van der Waals surface area contributed by atoms with Crippen LogP contribution in [0.4, 0.5) is 4.79 Å². The van der Waals surface area contributed by atoms with Gasteiger partial charge in [0, 0.05) is 18.4 Å². The van der Waals surface area contributed by atoms with Crippen molar-refractivity contribution in [1.29, 1.82) is 0 Å². The number of nitrogens with one attached hydrogen (secondary N) is 1. The second-order valence-corrected chi connectivity index (χ2v) is 6.17. The summed E-state index contributed by atoms with van der Waals surface area (Å²) in [5, 5.41) is 2.84. The maximum atomic E-state index is 11.6. The highest BCUT2D eigenvalue weighted by molar-refractivity contribution is 5.67. The highest BCUT2D eigenvalue weighted by Gasteiger charge is 2.17. The second kappa shape index (κ2) is 7.27. The number of aryl methyl sites for hydroxylation is 1. The van der Waals surface area contributed by atoms with Gasteiger partial charge in [-0.1, -0.05) is 19.4 Å². The minimum atomic E-state index is -0.452. The molecule has 0 aromatic carbocycles. The Bertz CT molecular complexity index is 421.